The molecule has 2 aromatic carbocycles. The predicted octanol–water partition coefficient (Wildman–Crippen LogP) is 4.61. The maximum Gasteiger partial charge on any atom is 0.255 e. The van der Waals surface area contributed by atoms with Crippen molar-refractivity contribution in [3.63, 3.8) is 0 Å². The molecule has 1 amide bonds. The molecular weight excluding hydrogens is 357 g/mol. The van der Waals surface area contributed by atoms with Crippen molar-refractivity contribution < 1.29 is 13.9 Å². The van der Waals surface area contributed by atoms with Gasteiger partial charge in [0.1, 0.15) is 23.8 Å². The van der Waals surface area contributed by atoms with Gasteiger partial charge in [-0.1, -0.05) is 24.3 Å². The summed E-state index contributed by atoms with van der Waals surface area (Å²) in [5.74, 6) is -0.349. The van der Waals surface area contributed by atoms with Gasteiger partial charge in [-0.3, -0.25) is 4.79 Å². The van der Waals surface area contributed by atoms with Gasteiger partial charge < -0.3 is 14.5 Å². The average Bonchev–Trinajstić information content (AvgIpc) is 3.10. The van der Waals surface area contributed by atoms with Crippen LogP contribution in [0, 0.1) is 12.7 Å². The van der Waals surface area contributed by atoms with Crippen LogP contribution in [0.15, 0.2) is 73.1 Å². The third-order valence-electron chi connectivity index (χ3n) is 4.25. The SMILES string of the molecule is Cc1ccc2nc(COc3cccc(C(=O)Nc4ccccc4F)c3)cn2c1. The summed E-state index contributed by atoms with van der Waals surface area (Å²) in [4.78, 5) is 16.9. The van der Waals surface area contributed by atoms with E-state index >= 15 is 0 Å². The molecule has 5 nitrogen and oxygen atoms in total. The number of anilines is 1. The Hall–Kier alpha value is -3.67. The number of aromatic nitrogens is 2. The molecule has 2 aromatic heterocycles. The third-order valence-corrected chi connectivity index (χ3v) is 4.25. The van der Waals surface area contributed by atoms with Crippen LogP contribution in [0.3, 0.4) is 0 Å². The number of hydrogen-bond donors (Lipinski definition) is 1. The van der Waals surface area contributed by atoms with Crippen molar-refractivity contribution in [2.75, 3.05) is 5.32 Å². The molecule has 6 heteroatoms. The normalized spacial score (nSPS) is 10.8. The number of carbonyl (C=O) groups is 1. The van der Waals surface area contributed by atoms with Crippen LogP contribution in [0.1, 0.15) is 21.6 Å². The van der Waals surface area contributed by atoms with Crippen LogP contribution in [0.4, 0.5) is 10.1 Å². The van der Waals surface area contributed by atoms with Crippen LogP contribution in [-0.4, -0.2) is 15.3 Å². The van der Waals surface area contributed by atoms with Gasteiger partial charge in [0.05, 0.1) is 11.4 Å². The van der Waals surface area contributed by atoms with Crippen LogP contribution in [-0.2, 0) is 6.61 Å². The van der Waals surface area contributed by atoms with Crippen LogP contribution in [0.2, 0.25) is 0 Å². The Morgan fingerprint density at radius 2 is 1.96 bits per heavy atom. The first kappa shape index (κ1) is 17.7. The summed E-state index contributed by atoms with van der Waals surface area (Å²) >= 11 is 0. The smallest absolute Gasteiger partial charge is 0.255 e. The van der Waals surface area contributed by atoms with E-state index < -0.39 is 11.7 Å². The van der Waals surface area contributed by atoms with Crippen molar-refractivity contribution >= 4 is 17.2 Å². The summed E-state index contributed by atoms with van der Waals surface area (Å²) in [6.07, 6.45) is 3.91. The monoisotopic (exact) mass is 375 g/mol. The highest BCUT2D eigenvalue weighted by atomic mass is 19.1. The van der Waals surface area contributed by atoms with Crippen LogP contribution >= 0.6 is 0 Å². The highest BCUT2D eigenvalue weighted by molar-refractivity contribution is 6.04. The first-order valence-corrected chi connectivity index (χ1v) is 8.81. The molecular formula is C22H18FN3O2. The molecule has 1 N–H and O–H groups in total. The summed E-state index contributed by atoms with van der Waals surface area (Å²) in [7, 11) is 0. The fourth-order valence-electron chi connectivity index (χ4n) is 2.87. The standard InChI is InChI=1S/C22H18FN3O2/c1-15-9-10-21-24-17(13-26(21)12-15)14-28-18-6-4-5-16(11-18)22(27)25-20-8-3-2-7-19(20)23/h2-13H,14H2,1H3,(H,25,27). The molecule has 2 heterocycles. The number of para-hydroxylation sites is 1. The number of amides is 1. The maximum atomic E-state index is 13.7. The number of aryl methyl sites for hydroxylation is 1. The number of fused-ring (bicyclic) bond motifs is 1. The van der Waals surface area contributed by atoms with Gasteiger partial charge >= 0.3 is 0 Å². The lowest BCUT2D eigenvalue weighted by atomic mass is 10.2. The van der Waals surface area contributed by atoms with Gasteiger partial charge in [-0.2, -0.15) is 0 Å². The van der Waals surface area contributed by atoms with Crippen molar-refractivity contribution in [1.82, 2.24) is 9.38 Å². The highest BCUT2D eigenvalue weighted by Crippen LogP contribution is 2.18. The molecule has 0 aliphatic carbocycles. The fourth-order valence-corrected chi connectivity index (χ4v) is 2.87. The lowest BCUT2D eigenvalue weighted by Gasteiger charge is -2.08. The quantitative estimate of drug-likeness (QED) is 0.554. The summed E-state index contributed by atoms with van der Waals surface area (Å²) in [5, 5.41) is 2.57. The van der Waals surface area contributed by atoms with Gasteiger partial charge in [-0.25, -0.2) is 9.37 Å². The number of imidazole rings is 1. The number of benzene rings is 2. The zero-order valence-electron chi connectivity index (χ0n) is 15.2. The Morgan fingerprint density at radius 1 is 1.11 bits per heavy atom. The molecule has 0 aliphatic heterocycles. The summed E-state index contributed by atoms with van der Waals surface area (Å²) in [6.45, 7) is 2.30. The Morgan fingerprint density at radius 3 is 2.82 bits per heavy atom. The van der Waals surface area contributed by atoms with E-state index in [9.17, 15) is 9.18 Å². The fraction of sp³-hybridized carbons (Fsp3) is 0.0909. The Labute approximate surface area is 161 Å². The number of hydrogen-bond acceptors (Lipinski definition) is 3. The minimum atomic E-state index is -0.481. The van der Waals surface area contributed by atoms with E-state index in [0.29, 0.717) is 11.3 Å². The van der Waals surface area contributed by atoms with Crippen LogP contribution in [0.25, 0.3) is 5.65 Å². The molecule has 0 saturated heterocycles. The minimum Gasteiger partial charge on any atom is -0.487 e. The molecule has 28 heavy (non-hydrogen) atoms. The van der Waals surface area contributed by atoms with Gasteiger partial charge in [-0.15, -0.1) is 0 Å². The number of nitrogens with zero attached hydrogens (tertiary/aromatic N) is 2. The van der Waals surface area contributed by atoms with E-state index in [1.165, 1.54) is 12.1 Å². The van der Waals surface area contributed by atoms with Crippen molar-refractivity contribution in [3.8, 4) is 5.75 Å². The molecule has 0 radical (unpaired) electrons. The largest absolute Gasteiger partial charge is 0.487 e. The molecule has 0 atom stereocenters. The predicted molar refractivity (Wildman–Crippen MR) is 105 cm³/mol. The molecule has 0 saturated carbocycles. The Balaban J connectivity index is 1.45. The van der Waals surface area contributed by atoms with Crippen molar-refractivity contribution in [2.45, 2.75) is 13.5 Å². The van der Waals surface area contributed by atoms with Gasteiger partial charge in [-0.05, 0) is 48.9 Å². The lowest BCUT2D eigenvalue weighted by molar-refractivity contribution is 0.102. The van der Waals surface area contributed by atoms with Crippen LogP contribution in [0.5, 0.6) is 5.75 Å². The van der Waals surface area contributed by atoms with Crippen molar-refractivity contribution in [3.05, 3.63) is 95.7 Å². The molecule has 4 aromatic rings. The molecule has 140 valence electrons. The lowest BCUT2D eigenvalue weighted by Crippen LogP contribution is -2.13. The second-order valence-electron chi connectivity index (χ2n) is 6.45. The number of ether oxygens (including phenoxy) is 1. The van der Waals surface area contributed by atoms with Crippen molar-refractivity contribution in [2.24, 2.45) is 0 Å². The highest BCUT2D eigenvalue weighted by Gasteiger charge is 2.10. The van der Waals surface area contributed by atoms with E-state index in [0.717, 1.165) is 16.9 Å². The summed E-state index contributed by atoms with van der Waals surface area (Å²) in [5.41, 5.74) is 3.30. The first-order valence-electron chi connectivity index (χ1n) is 8.81. The van der Waals surface area contributed by atoms with E-state index in [-0.39, 0.29) is 12.3 Å². The van der Waals surface area contributed by atoms with Gasteiger partial charge in [0.15, 0.2) is 0 Å². The molecule has 0 fully saturated rings. The first-order chi connectivity index (χ1) is 13.6. The average molecular weight is 375 g/mol. The molecule has 0 unspecified atom stereocenters. The Kier molecular flexibility index (Phi) is 4.76. The van der Waals surface area contributed by atoms with Gasteiger partial charge in [0.2, 0.25) is 0 Å². The second kappa shape index (κ2) is 7.52. The van der Waals surface area contributed by atoms with E-state index in [4.69, 9.17) is 4.74 Å². The zero-order chi connectivity index (χ0) is 19.5. The van der Waals surface area contributed by atoms with Gasteiger partial charge in [0, 0.05) is 18.0 Å². The summed E-state index contributed by atoms with van der Waals surface area (Å²) < 4.78 is 21.5. The number of pyridine rings is 1. The minimum absolute atomic E-state index is 0.138. The number of carbonyl (C=O) groups excluding carboxylic acids is 1. The zero-order valence-corrected chi connectivity index (χ0v) is 15.2. The Bertz CT molecular complexity index is 1150. The second-order valence-corrected chi connectivity index (χ2v) is 6.45. The van der Waals surface area contributed by atoms with Crippen LogP contribution < -0.4 is 10.1 Å². The molecule has 0 aliphatic rings. The van der Waals surface area contributed by atoms with E-state index in [1.54, 1.807) is 36.4 Å². The molecule has 0 spiro atoms. The molecule has 4 rings (SSSR count). The van der Waals surface area contributed by atoms with E-state index in [2.05, 4.69) is 10.3 Å². The van der Waals surface area contributed by atoms with Crippen molar-refractivity contribution in [1.29, 1.82) is 0 Å². The number of rotatable bonds is 5. The summed E-state index contributed by atoms with van der Waals surface area (Å²) in [6, 6.07) is 16.8. The molecule has 0 bridgehead atoms. The number of halogens is 1. The number of nitrogens with one attached hydrogen (secondary N) is 1. The topological polar surface area (TPSA) is 55.6 Å². The van der Waals surface area contributed by atoms with E-state index in [1.807, 2.05) is 35.9 Å². The third kappa shape index (κ3) is 3.86. The maximum absolute atomic E-state index is 13.7. The van der Waals surface area contributed by atoms with Gasteiger partial charge in [0.25, 0.3) is 5.91 Å².